The van der Waals surface area contributed by atoms with E-state index in [-0.39, 0.29) is 18.4 Å². The van der Waals surface area contributed by atoms with E-state index in [0.29, 0.717) is 6.61 Å². The van der Waals surface area contributed by atoms with Crippen molar-refractivity contribution >= 4 is 5.97 Å². The molecule has 0 saturated heterocycles. The third-order valence-corrected chi connectivity index (χ3v) is 2.36. The fraction of sp³-hybridized carbons (Fsp3) is 0.462. The lowest BCUT2D eigenvalue weighted by Gasteiger charge is -2.12. The van der Waals surface area contributed by atoms with Crippen LogP contribution in [-0.4, -0.2) is 12.6 Å². The number of esters is 1. The number of benzene rings is 1. The van der Waals surface area contributed by atoms with Crippen LogP contribution in [0.25, 0.3) is 0 Å². The molecule has 2 N–H and O–H groups in total. The number of hydrogen-bond donors (Lipinski definition) is 1. The van der Waals surface area contributed by atoms with Gasteiger partial charge in [-0.05, 0) is 26.3 Å². The Hall–Kier alpha value is -1.35. The lowest BCUT2D eigenvalue weighted by molar-refractivity contribution is -0.143. The summed E-state index contributed by atoms with van der Waals surface area (Å²) in [6, 6.07) is 5.83. The lowest BCUT2D eigenvalue weighted by Crippen LogP contribution is -2.17. The van der Waals surface area contributed by atoms with E-state index < -0.39 is 0 Å². The van der Waals surface area contributed by atoms with Crippen molar-refractivity contribution in [1.82, 2.24) is 0 Å². The molecule has 88 valence electrons. The molecule has 0 amide bonds. The Labute approximate surface area is 96.6 Å². The highest BCUT2D eigenvalue weighted by Gasteiger charge is 2.12. The van der Waals surface area contributed by atoms with Gasteiger partial charge in [0.1, 0.15) is 0 Å². The predicted molar refractivity (Wildman–Crippen MR) is 64.1 cm³/mol. The van der Waals surface area contributed by atoms with Crippen LogP contribution in [0.15, 0.2) is 18.2 Å². The Morgan fingerprint density at radius 1 is 1.31 bits per heavy atom. The van der Waals surface area contributed by atoms with Crippen molar-refractivity contribution in [2.45, 2.75) is 33.2 Å². The van der Waals surface area contributed by atoms with E-state index in [4.69, 9.17) is 10.5 Å². The Balaban J connectivity index is 2.72. The minimum absolute atomic E-state index is 0.233. The first-order chi connectivity index (χ1) is 7.52. The van der Waals surface area contributed by atoms with Crippen molar-refractivity contribution < 1.29 is 9.53 Å². The highest BCUT2D eigenvalue weighted by Crippen LogP contribution is 2.18. The van der Waals surface area contributed by atoms with Crippen molar-refractivity contribution in [3.05, 3.63) is 34.9 Å². The van der Waals surface area contributed by atoms with Crippen LogP contribution in [0, 0.1) is 13.8 Å². The van der Waals surface area contributed by atoms with Crippen molar-refractivity contribution in [2.24, 2.45) is 5.73 Å². The van der Waals surface area contributed by atoms with Gasteiger partial charge in [-0.1, -0.05) is 29.3 Å². The molecule has 0 bridgehead atoms. The van der Waals surface area contributed by atoms with Crippen LogP contribution in [-0.2, 0) is 9.53 Å². The van der Waals surface area contributed by atoms with E-state index in [0.717, 1.165) is 16.7 Å². The van der Waals surface area contributed by atoms with Crippen LogP contribution in [0.1, 0.15) is 36.1 Å². The molecule has 3 heteroatoms. The number of carbonyl (C=O) groups excluding carboxylic acids is 1. The van der Waals surface area contributed by atoms with Crippen molar-refractivity contribution in [1.29, 1.82) is 0 Å². The second-order valence-electron chi connectivity index (χ2n) is 4.04. The molecule has 0 saturated carbocycles. The molecule has 1 unspecified atom stereocenters. The quantitative estimate of drug-likeness (QED) is 0.793. The number of rotatable bonds is 4. The summed E-state index contributed by atoms with van der Waals surface area (Å²) in [7, 11) is 0. The minimum atomic E-state index is -0.280. The summed E-state index contributed by atoms with van der Waals surface area (Å²) in [6.07, 6.45) is 0.233. The van der Waals surface area contributed by atoms with Crippen LogP contribution in [0.5, 0.6) is 0 Å². The summed E-state index contributed by atoms with van der Waals surface area (Å²) in [6.45, 7) is 6.24. The number of aryl methyl sites for hydroxylation is 2. The number of hydrogen-bond acceptors (Lipinski definition) is 3. The SMILES string of the molecule is CCOC(=O)CC(N)c1cc(C)cc(C)c1. The monoisotopic (exact) mass is 221 g/mol. The maximum Gasteiger partial charge on any atom is 0.307 e. The molecule has 0 aliphatic carbocycles. The number of carbonyl (C=O) groups is 1. The van der Waals surface area contributed by atoms with Gasteiger partial charge < -0.3 is 10.5 Å². The Kier molecular flexibility index (Phi) is 4.50. The summed E-state index contributed by atoms with van der Waals surface area (Å²) in [5.74, 6) is -0.242. The molecule has 1 atom stereocenters. The van der Waals surface area contributed by atoms with Gasteiger partial charge in [-0.2, -0.15) is 0 Å². The highest BCUT2D eigenvalue weighted by atomic mass is 16.5. The van der Waals surface area contributed by atoms with Gasteiger partial charge in [0.05, 0.1) is 13.0 Å². The smallest absolute Gasteiger partial charge is 0.307 e. The van der Waals surface area contributed by atoms with Crippen LogP contribution in [0.3, 0.4) is 0 Å². The van der Waals surface area contributed by atoms with Crippen LogP contribution in [0.2, 0.25) is 0 Å². The zero-order valence-electron chi connectivity index (χ0n) is 10.1. The topological polar surface area (TPSA) is 52.3 Å². The molecule has 0 fully saturated rings. The van der Waals surface area contributed by atoms with Crippen molar-refractivity contribution in [2.75, 3.05) is 6.61 Å². The van der Waals surface area contributed by atoms with Crippen LogP contribution >= 0.6 is 0 Å². The predicted octanol–water partition coefficient (Wildman–Crippen LogP) is 2.26. The Morgan fingerprint density at radius 3 is 2.38 bits per heavy atom. The summed E-state index contributed by atoms with van der Waals surface area (Å²) in [4.78, 5) is 11.3. The van der Waals surface area contributed by atoms with Crippen LogP contribution < -0.4 is 5.73 Å². The molecule has 0 aromatic heterocycles. The molecule has 0 radical (unpaired) electrons. The van der Waals surface area contributed by atoms with Gasteiger partial charge in [0.15, 0.2) is 0 Å². The van der Waals surface area contributed by atoms with Gasteiger partial charge in [-0.25, -0.2) is 0 Å². The van der Waals surface area contributed by atoms with Gasteiger partial charge in [0, 0.05) is 6.04 Å². The maximum atomic E-state index is 11.3. The molecule has 1 aromatic rings. The normalized spacial score (nSPS) is 12.2. The second kappa shape index (κ2) is 5.66. The fourth-order valence-electron chi connectivity index (χ4n) is 1.74. The van der Waals surface area contributed by atoms with Gasteiger partial charge in [0.25, 0.3) is 0 Å². The van der Waals surface area contributed by atoms with E-state index in [2.05, 4.69) is 6.07 Å². The average Bonchev–Trinajstić information content (AvgIpc) is 2.16. The molecular formula is C13H19NO2. The first-order valence-corrected chi connectivity index (χ1v) is 5.52. The maximum absolute atomic E-state index is 11.3. The summed E-state index contributed by atoms with van der Waals surface area (Å²) in [5.41, 5.74) is 9.28. The molecule has 0 spiro atoms. The molecule has 16 heavy (non-hydrogen) atoms. The third-order valence-electron chi connectivity index (χ3n) is 2.36. The number of ether oxygens (including phenoxy) is 1. The standard InChI is InChI=1S/C13H19NO2/c1-4-16-13(15)8-12(14)11-6-9(2)5-10(3)7-11/h5-7,12H,4,8,14H2,1-3H3. The van der Waals surface area contributed by atoms with Gasteiger partial charge in [0.2, 0.25) is 0 Å². The zero-order chi connectivity index (χ0) is 12.1. The van der Waals surface area contributed by atoms with Crippen molar-refractivity contribution in [3.8, 4) is 0 Å². The largest absolute Gasteiger partial charge is 0.466 e. The summed E-state index contributed by atoms with van der Waals surface area (Å²) in [5, 5.41) is 0. The van der Waals surface area contributed by atoms with Gasteiger partial charge in [-0.3, -0.25) is 4.79 Å². The van der Waals surface area contributed by atoms with E-state index >= 15 is 0 Å². The van der Waals surface area contributed by atoms with Crippen molar-refractivity contribution in [3.63, 3.8) is 0 Å². The molecule has 1 rings (SSSR count). The molecule has 3 nitrogen and oxygen atoms in total. The van der Waals surface area contributed by atoms with E-state index in [1.807, 2.05) is 26.0 Å². The number of nitrogens with two attached hydrogens (primary N) is 1. The van der Waals surface area contributed by atoms with Crippen LogP contribution in [0.4, 0.5) is 0 Å². The lowest BCUT2D eigenvalue weighted by atomic mass is 10.00. The van der Waals surface area contributed by atoms with E-state index in [1.54, 1.807) is 6.92 Å². The highest BCUT2D eigenvalue weighted by molar-refractivity contribution is 5.70. The van der Waals surface area contributed by atoms with Gasteiger partial charge >= 0.3 is 5.97 Å². The first kappa shape index (κ1) is 12.7. The van der Waals surface area contributed by atoms with E-state index in [9.17, 15) is 4.79 Å². The molecule has 0 heterocycles. The Morgan fingerprint density at radius 2 is 1.88 bits per heavy atom. The summed E-state index contributed by atoms with van der Waals surface area (Å²) >= 11 is 0. The zero-order valence-corrected chi connectivity index (χ0v) is 10.1. The first-order valence-electron chi connectivity index (χ1n) is 5.52. The Bertz CT molecular complexity index is 354. The average molecular weight is 221 g/mol. The fourth-order valence-corrected chi connectivity index (χ4v) is 1.74. The molecule has 0 aliphatic rings. The minimum Gasteiger partial charge on any atom is -0.466 e. The third kappa shape index (κ3) is 3.66. The van der Waals surface area contributed by atoms with E-state index in [1.165, 1.54) is 0 Å². The molecule has 0 aliphatic heterocycles. The van der Waals surface area contributed by atoms with Gasteiger partial charge in [-0.15, -0.1) is 0 Å². The molecule has 1 aromatic carbocycles. The second-order valence-corrected chi connectivity index (χ2v) is 4.04. The summed E-state index contributed by atoms with van der Waals surface area (Å²) < 4.78 is 4.88. The molecular weight excluding hydrogens is 202 g/mol.